The van der Waals surface area contributed by atoms with Crippen LogP contribution >= 0.6 is 0 Å². The molecule has 0 saturated carbocycles. The fourth-order valence-electron chi connectivity index (χ4n) is 3.18. The minimum absolute atomic E-state index is 0.0263. The van der Waals surface area contributed by atoms with Gasteiger partial charge in [0, 0.05) is 12.5 Å². The van der Waals surface area contributed by atoms with Crippen molar-refractivity contribution in [1.82, 2.24) is 4.90 Å². The Hall–Kier alpha value is -2.59. The van der Waals surface area contributed by atoms with E-state index in [1.165, 1.54) is 0 Å². The lowest BCUT2D eigenvalue weighted by atomic mass is 9.89. The summed E-state index contributed by atoms with van der Waals surface area (Å²) < 4.78 is 5.50. The van der Waals surface area contributed by atoms with Crippen molar-refractivity contribution in [1.29, 1.82) is 0 Å². The third-order valence-corrected chi connectivity index (χ3v) is 4.51. The minimum Gasteiger partial charge on any atom is -0.445 e. The van der Waals surface area contributed by atoms with E-state index in [0.29, 0.717) is 6.54 Å². The van der Waals surface area contributed by atoms with E-state index in [4.69, 9.17) is 4.74 Å². The fourth-order valence-corrected chi connectivity index (χ4v) is 3.18. The first kappa shape index (κ1) is 17.2. The van der Waals surface area contributed by atoms with Gasteiger partial charge in [-0.15, -0.1) is 0 Å². The van der Waals surface area contributed by atoms with Crippen molar-refractivity contribution in [2.75, 3.05) is 13.2 Å². The summed E-state index contributed by atoms with van der Waals surface area (Å²) in [5.74, 6) is -0.165. The molecule has 2 unspecified atom stereocenters. The second-order valence-electron chi connectivity index (χ2n) is 6.14. The summed E-state index contributed by atoms with van der Waals surface area (Å²) in [6, 6.07) is 19.2. The van der Waals surface area contributed by atoms with Gasteiger partial charge in [-0.05, 0) is 17.5 Å². The number of carbonyl (C=O) groups is 1. The van der Waals surface area contributed by atoms with Crippen LogP contribution in [0.4, 0.5) is 4.79 Å². The first-order valence-corrected chi connectivity index (χ1v) is 8.59. The van der Waals surface area contributed by atoms with Crippen LogP contribution in [0.3, 0.4) is 0 Å². The number of hydrogen-bond acceptors (Lipinski definition) is 3. The molecule has 25 heavy (non-hydrogen) atoms. The summed E-state index contributed by atoms with van der Waals surface area (Å²) in [6.07, 6.45) is 4.52. The maximum Gasteiger partial charge on any atom is 0.410 e. The zero-order valence-corrected chi connectivity index (χ0v) is 14.1. The van der Waals surface area contributed by atoms with Crippen molar-refractivity contribution < 1.29 is 14.6 Å². The maximum absolute atomic E-state index is 12.6. The van der Waals surface area contributed by atoms with Crippen molar-refractivity contribution >= 4 is 6.09 Å². The van der Waals surface area contributed by atoms with Crippen molar-refractivity contribution in [2.24, 2.45) is 0 Å². The van der Waals surface area contributed by atoms with Crippen molar-refractivity contribution in [2.45, 2.75) is 25.0 Å². The average Bonchev–Trinajstić information content (AvgIpc) is 2.69. The predicted octanol–water partition coefficient (Wildman–Crippen LogP) is 3.73. The molecule has 4 heteroatoms. The summed E-state index contributed by atoms with van der Waals surface area (Å²) in [7, 11) is 0. The molecule has 130 valence electrons. The van der Waals surface area contributed by atoms with E-state index in [2.05, 4.69) is 6.08 Å². The van der Waals surface area contributed by atoms with Gasteiger partial charge >= 0.3 is 6.09 Å². The van der Waals surface area contributed by atoms with Gasteiger partial charge in [0.05, 0.1) is 12.6 Å². The lowest BCUT2D eigenvalue weighted by Crippen LogP contribution is -2.46. The number of aliphatic hydroxyl groups excluding tert-OH is 1. The first-order valence-electron chi connectivity index (χ1n) is 8.59. The van der Waals surface area contributed by atoms with Crippen LogP contribution < -0.4 is 0 Å². The topological polar surface area (TPSA) is 49.8 Å². The third kappa shape index (κ3) is 4.28. The Kier molecular flexibility index (Phi) is 5.86. The Balaban J connectivity index is 1.72. The van der Waals surface area contributed by atoms with Crippen LogP contribution in [0.1, 0.15) is 23.5 Å². The molecule has 0 fully saturated rings. The molecule has 1 amide bonds. The van der Waals surface area contributed by atoms with Gasteiger partial charge in [-0.2, -0.15) is 0 Å². The second-order valence-corrected chi connectivity index (χ2v) is 6.14. The molecule has 0 spiro atoms. The van der Waals surface area contributed by atoms with E-state index < -0.39 is 0 Å². The zero-order chi connectivity index (χ0) is 17.5. The van der Waals surface area contributed by atoms with Gasteiger partial charge in [0.15, 0.2) is 0 Å². The number of aliphatic hydroxyl groups is 1. The standard InChI is InChI=1S/C21H23NO3/c23-15-19(18-11-5-2-6-12-18)20-13-7-8-14-22(20)21(24)25-16-17-9-3-1-4-10-17/h1-7,9-13,19-20,23H,8,14-16H2. The number of benzene rings is 2. The van der Waals surface area contributed by atoms with Gasteiger partial charge in [0.2, 0.25) is 0 Å². The summed E-state index contributed by atoms with van der Waals surface area (Å²) in [6.45, 7) is 0.821. The molecule has 1 aliphatic rings. The van der Waals surface area contributed by atoms with Crippen molar-refractivity contribution in [3.05, 3.63) is 83.9 Å². The van der Waals surface area contributed by atoms with E-state index in [-0.39, 0.29) is 31.3 Å². The largest absolute Gasteiger partial charge is 0.445 e. The first-order chi connectivity index (χ1) is 12.3. The van der Waals surface area contributed by atoms with Gasteiger partial charge in [-0.3, -0.25) is 0 Å². The monoisotopic (exact) mass is 337 g/mol. The third-order valence-electron chi connectivity index (χ3n) is 4.51. The molecule has 1 aliphatic heterocycles. The Morgan fingerprint density at radius 1 is 1.12 bits per heavy atom. The summed E-state index contributed by atoms with van der Waals surface area (Å²) in [4.78, 5) is 14.3. The molecule has 4 nitrogen and oxygen atoms in total. The van der Waals surface area contributed by atoms with Gasteiger partial charge in [-0.1, -0.05) is 72.8 Å². The number of rotatable bonds is 5. The molecular formula is C21H23NO3. The van der Waals surface area contributed by atoms with Gasteiger partial charge in [0.25, 0.3) is 0 Å². The smallest absolute Gasteiger partial charge is 0.410 e. The molecule has 2 aromatic carbocycles. The molecule has 2 atom stereocenters. The SMILES string of the molecule is O=C(OCc1ccccc1)N1CCC=CC1C(CO)c1ccccc1. The van der Waals surface area contributed by atoms with Crippen LogP contribution in [0.15, 0.2) is 72.8 Å². The van der Waals surface area contributed by atoms with Gasteiger partial charge < -0.3 is 14.7 Å². The van der Waals surface area contributed by atoms with E-state index in [0.717, 1.165) is 17.5 Å². The lowest BCUT2D eigenvalue weighted by molar-refractivity contribution is 0.0761. The van der Waals surface area contributed by atoms with Crippen LogP contribution in [0.5, 0.6) is 0 Å². The maximum atomic E-state index is 12.6. The second kappa shape index (κ2) is 8.49. The molecule has 1 N–H and O–H groups in total. The summed E-state index contributed by atoms with van der Waals surface area (Å²) in [5.41, 5.74) is 1.98. The number of nitrogens with zero attached hydrogens (tertiary/aromatic N) is 1. The summed E-state index contributed by atoms with van der Waals surface area (Å²) in [5, 5.41) is 9.93. The van der Waals surface area contributed by atoms with Crippen molar-refractivity contribution in [3.63, 3.8) is 0 Å². The quantitative estimate of drug-likeness (QED) is 0.846. The summed E-state index contributed by atoms with van der Waals surface area (Å²) >= 11 is 0. The lowest BCUT2D eigenvalue weighted by Gasteiger charge is -2.36. The molecule has 0 saturated heterocycles. The van der Waals surface area contributed by atoms with Crippen LogP contribution in [-0.4, -0.2) is 35.3 Å². The molecule has 0 aromatic heterocycles. The predicted molar refractivity (Wildman–Crippen MR) is 97.1 cm³/mol. The highest BCUT2D eigenvalue weighted by atomic mass is 16.6. The highest BCUT2D eigenvalue weighted by Gasteiger charge is 2.32. The van der Waals surface area contributed by atoms with E-state index in [9.17, 15) is 9.90 Å². The Bertz CT molecular complexity index is 700. The Labute approximate surface area is 148 Å². The highest BCUT2D eigenvalue weighted by molar-refractivity contribution is 5.69. The molecule has 1 heterocycles. The van der Waals surface area contributed by atoms with E-state index in [1.807, 2.05) is 66.7 Å². The minimum atomic E-state index is -0.340. The Morgan fingerprint density at radius 2 is 1.80 bits per heavy atom. The number of ether oxygens (including phenoxy) is 1. The number of carbonyl (C=O) groups excluding carboxylic acids is 1. The van der Waals surface area contributed by atoms with Crippen LogP contribution in [0, 0.1) is 0 Å². The molecule has 0 aliphatic carbocycles. The highest BCUT2D eigenvalue weighted by Crippen LogP contribution is 2.27. The van der Waals surface area contributed by atoms with Crippen LogP contribution in [0.2, 0.25) is 0 Å². The molecular weight excluding hydrogens is 314 g/mol. The molecule has 0 radical (unpaired) electrons. The van der Waals surface area contributed by atoms with Gasteiger partial charge in [0.1, 0.15) is 6.61 Å². The normalized spacial score (nSPS) is 18.0. The van der Waals surface area contributed by atoms with Crippen molar-refractivity contribution in [3.8, 4) is 0 Å². The zero-order valence-electron chi connectivity index (χ0n) is 14.1. The van der Waals surface area contributed by atoms with Crippen LogP contribution in [-0.2, 0) is 11.3 Å². The molecule has 0 bridgehead atoms. The molecule has 3 rings (SSSR count). The van der Waals surface area contributed by atoms with Gasteiger partial charge in [-0.25, -0.2) is 4.79 Å². The van der Waals surface area contributed by atoms with Crippen LogP contribution in [0.25, 0.3) is 0 Å². The molecule has 2 aromatic rings. The Morgan fingerprint density at radius 3 is 2.48 bits per heavy atom. The van der Waals surface area contributed by atoms with E-state index >= 15 is 0 Å². The number of hydrogen-bond donors (Lipinski definition) is 1. The number of amides is 1. The average molecular weight is 337 g/mol. The fraction of sp³-hybridized carbons (Fsp3) is 0.286. The van der Waals surface area contributed by atoms with E-state index in [1.54, 1.807) is 4.90 Å².